The molecule has 22 heavy (non-hydrogen) atoms. The summed E-state index contributed by atoms with van der Waals surface area (Å²) in [7, 11) is 0. The molecule has 2 rings (SSSR count). The number of likely N-dealkylation sites (tertiary alicyclic amines) is 1. The smallest absolute Gasteiger partial charge is 0.410 e. The number of hydrogen-bond donors (Lipinski definition) is 0. The largest absolute Gasteiger partial charge is 0.494 e. The van der Waals surface area contributed by atoms with E-state index in [1.165, 1.54) is 5.56 Å². The van der Waals surface area contributed by atoms with Gasteiger partial charge in [-0.1, -0.05) is 12.1 Å². The van der Waals surface area contributed by atoms with Crippen LogP contribution in [0.5, 0.6) is 5.75 Å². The molecule has 1 aliphatic rings. The van der Waals surface area contributed by atoms with Crippen molar-refractivity contribution in [1.82, 2.24) is 4.90 Å². The van der Waals surface area contributed by atoms with Crippen LogP contribution < -0.4 is 4.74 Å². The van der Waals surface area contributed by atoms with Gasteiger partial charge < -0.3 is 14.4 Å². The van der Waals surface area contributed by atoms with Gasteiger partial charge in [0.1, 0.15) is 11.4 Å². The van der Waals surface area contributed by atoms with Gasteiger partial charge in [-0.05, 0) is 64.2 Å². The summed E-state index contributed by atoms with van der Waals surface area (Å²) in [5.74, 6) is 1.41. The third kappa shape index (κ3) is 4.65. The lowest BCUT2D eigenvalue weighted by Gasteiger charge is -2.33. The van der Waals surface area contributed by atoms with Crippen LogP contribution in [0.2, 0.25) is 0 Å². The van der Waals surface area contributed by atoms with Crippen molar-refractivity contribution in [2.24, 2.45) is 0 Å². The SMILES string of the molecule is CCOc1cccc(C2CCN(C(=O)OC(C)(C)C)CC2)c1. The van der Waals surface area contributed by atoms with Crippen molar-refractivity contribution < 1.29 is 14.3 Å². The molecule has 1 amide bonds. The van der Waals surface area contributed by atoms with Crippen molar-refractivity contribution in [3.63, 3.8) is 0 Å². The fourth-order valence-corrected chi connectivity index (χ4v) is 2.75. The Labute approximate surface area is 133 Å². The van der Waals surface area contributed by atoms with Gasteiger partial charge in [-0.15, -0.1) is 0 Å². The highest BCUT2D eigenvalue weighted by Crippen LogP contribution is 2.30. The average molecular weight is 305 g/mol. The van der Waals surface area contributed by atoms with Gasteiger partial charge in [0, 0.05) is 13.1 Å². The minimum Gasteiger partial charge on any atom is -0.494 e. The fraction of sp³-hybridized carbons (Fsp3) is 0.611. The Kier molecular flexibility index (Phi) is 5.33. The lowest BCUT2D eigenvalue weighted by atomic mass is 9.89. The van der Waals surface area contributed by atoms with Gasteiger partial charge in [-0.2, -0.15) is 0 Å². The highest BCUT2D eigenvalue weighted by atomic mass is 16.6. The second kappa shape index (κ2) is 7.03. The third-order valence-corrected chi connectivity index (χ3v) is 3.79. The molecule has 1 aromatic carbocycles. The molecule has 0 saturated carbocycles. The van der Waals surface area contributed by atoms with E-state index < -0.39 is 5.60 Å². The van der Waals surface area contributed by atoms with Crippen molar-refractivity contribution in [2.45, 2.75) is 52.1 Å². The lowest BCUT2D eigenvalue weighted by Crippen LogP contribution is -2.41. The van der Waals surface area contributed by atoms with Crippen LogP contribution in [0.1, 0.15) is 52.0 Å². The van der Waals surface area contributed by atoms with Crippen molar-refractivity contribution >= 4 is 6.09 Å². The summed E-state index contributed by atoms with van der Waals surface area (Å²) in [6.07, 6.45) is 1.73. The van der Waals surface area contributed by atoms with Gasteiger partial charge in [0.25, 0.3) is 0 Å². The van der Waals surface area contributed by atoms with E-state index in [0.717, 1.165) is 31.7 Å². The molecule has 0 spiro atoms. The van der Waals surface area contributed by atoms with E-state index in [1.807, 2.05) is 44.7 Å². The molecule has 1 aromatic rings. The molecule has 1 saturated heterocycles. The first kappa shape index (κ1) is 16.7. The first-order valence-corrected chi connectivity index (χ1v) is 8.09. The van der Waals surface area contributed by atoms with E-state index in [9.17, 15) is 4.79 Å². The molecule has 122 valence electrons. The van der Waals surface area contributed by atoms with Gasteiger partial charge in [0.15, 0.2) is 0 Å². The molecule has 1 fully saturated rings. The Morgan fingerprint density at radius 3 is 2.55 bits per heavy atom. The summed E-state index contributed by atoms with van der Waals surface area (Å²) in [5, 5.41) is 0. The van der Waals surface area contributed by atoms with E-state index in [-0.39, 0.29) is 6.09 Å². The molecule has 0 aromatic heterocycles. The average Bonchev–Trinajstić information content (AvgIpc) is 2.46. The maximum absolute atomic E-state index is 12.1. The number of carbonyl (C=O) groups is 1. The summed E-state index contributed by atoms with van der Waals surface area (Å²) in [6.45, 7) is 9.87. The predicted molar refractivity (Wildman–Crippen MR) is 87.4 cm³/mol. The summed E-state index contributed by atoms with van der Waals surface area (Å²) in [6, 6.07) is 8.30. The Morgan fingerprint density at radius 2 is 1.95 bits per heavy atom. The standard InChI is InChI=1S/C18H27NO3/c1-5-21-16-8-6-7-15(13-16)14-9-11-19(12-10-14)17(20)22-18(2,3)4/h6-8,13-14H,5,9-12H2,1-4H3. The van der Waals surface area contributed by atoms with Crippen LogP contribution >= 0.6 is 0 Å². The molecule has 0 N–H and O–H groups in total. The zero-order valence-electron chi connectivity index (χ0n) is 14.1. The molecule has 0 aliphatic carbocycles. The van der Waals surface area contributed by atoms with Crippen molar-refractivity contribution in [3.05, 3.63) is 29.8 Å². The zero-order valence-corrected chi connectivity index (χ0v) is 14.1. The van der Waals surface area contributed by atoms with Crippen LogP contribution in [0, 0.1) is 0 Å². The first-order chi connectivity index (χ1) is 10.4. The summed E-state index contributed by atoms with van der Waals surface area (Å²) >= 11 is 0. The van der Waals surface area contributed by atoms with Gasteiger partial charge >= 0.3 is 6.09 Å². The number of hydrogen-bond acceptors (Lipinski definition) is 3. The minimum atomic E-state index is -0.431. The number of piperidine rings is 1. The fourth-order valence-electron chi connectivity index (χ4n) is 2.75. The van der Waals surface area contributed by atoms with E-state index in [0.29, 0.717) is 12.5 Å². The van der Waals surface area contributed by atoms with Gasteiger partial charge in [-0.3, -0.25) is 0 Å². The van der Waals surface area contributed by atoms with E-state index in [1.54, 1.807) is 0 Å². The number of nitrogens with zero attached hydrogens (tertiary/aromatic N) is 1. The van der Waals surface area contributed by atoms with Crippen molar-refractivity contribution in [1.29, 1.82) is 0 Å². The zero-order chi connectivity index (χ0) is 16.2. The minimum absolute atomic E-state index is 0.200. The second-order valence-corrected chi connectivity index (χ2v) is 6.75. The van der Waals surface area contributed by atoms with E-state index in [2.05, 4.69) is 12.1 Å². The summed E-state index contributed by atoms with van der Waals surface area (Å²) < 4.78 is 11.0. The molecule has 0 radical (unpaired) electrons. The molecule has 1 heterocycles. The number of carbonyl (C=O) groups excluding carboxylic acids is 1. The van der Waals surface area contributed by atoms with E-state index >= 15 is 0 Å². The predicted octanol–water partition coefficient (Wildman–Crippen LogP) is 4.20. The molecular formula is C18H27NO3. The summed E-state index contributed by atoms with van der Waals surface area (Å²) in [5.41, 5.74) is 0.870. The molecule has 0 bridgehead atoms. The Balaban J connectivity index is 1.92. The van der Waals surface area contributed by atoms with Crippen LogP contribution in [0.4, 0.5) is 4.79 Å². The van der Waals surface area contributed by atoms with Crippen LogP contribution in [0.25, 0.3) is 0 Å². The van der Waals surface area contributed by atoms with Crippen molar-refractivity contribution in [3.8, 4) is 5.75 Å². The number of rotatable bonds is 3. The van der Waals surface area contributed by atoms with E-state index in [4.69, 9.17) is 9.47 Å². The van der Waals surface area contributed by atoms with Crippen LogP contribution in [-0.4, -0.2) is 36.3 Å². The van der Waals surface area contributed by atoms with Crippen molar-refractivity contribution in [2.75, 3.05) is 19.7 Å². The van der Waals surface area contributed by atoms with Crippen LogP contribution in [0.15, 0.2) is 24.3 Å². The quantitative estimate of drug-likeness (QED) is 0.840. The Hall–Kier alpha value is -1.71. The second-order valence-electron chi connectivity index (χ2n) is 6.75. The molecule has 1 aliphatic heterocycles. The maximum Gasteiger partial charge on any atom is 0.410 e. The maximum atomic E-state index is 12.1. The van der Waals surface area contributed by atoms with Gasteiger partial charge in [0.2, 0.25) is 0 Å². The Bertz CT molecular complexity index is 499. The molecular weight excluding hydrogens is 278 g/mol. The lowest BCUT2D eigenvalue weighted by molar-refractivity contribution is 0.0205. The van der Waals surface area contributed by atoms with Crippen LogP contribution in [-0.2, 0) is 4.74 Å². The van der Waals surface area contributed by atoms with Crippen LogP contribution in [0.3, 0.4) is 0 Å². The number of benzene rings is 1. The summed E-state index contributed by atoms with van der Waals surface area (Å²) in [4.78, 5) is 13.9. The topological polar surface area (TPSA) is 38.8 Å². The first-order valence-electron chi connectivity index (χ1n) is 8.09. The van der Waals surface area contributed by atoms with Gasteiger partial charge in [0.05, 0.1) is 6.61 Å². The molecule has 4 heteroatoms. The molecule has 0 unspecified atom stereocenters. The Morgan fingerprint density at radius 1 is 1.27 bits per heavy atom. The monoisotopic (exact) mass is 305 g/mol. The molecule has 4 nitrogen and oxygen atoms in total. The highest BCUT2D eigenvalue weighted by molar-refractivity contribution is 5.68. The highest BCUT2D eigenvalue weighted by Gasteiger charge is 2.27. The number of ether oxygens (including phenoxy) is 2. The van der Waals surface area contributed by atoms with Gasteiger partial charge in [-0.25, -0.2) is 4.79 Å². The molecule has 0 atom stereocenters. The normalized spacial score (nSPS) is 16.5. The third-order valence-electron chi connectivity index (χ3n) is 3.79. The number of amides is 1.